The summed E-state index contributed by atoms with van der Waals surface area (Å²) in [5, 5.41) is 12.7. The second-order valence-electron chi connectivity index (χ2n) is 3.21. The molecule has 0 aliphatic carbocycles. The molecule has 1 saturated heterocycles. The molecule has 0 spiro atoms. The number of aryl methyl sites for hydroxylation is 1. The van der Waals surface area contributed by atoms with Gasteiger partial charge in [-0.2, -0.15) is 0 Å². The van der Waals surface area contributed by atoms with Crippen molar-refractivity contribution in [3.05, 3.63) is 29.3 Å². The minimum absolute atomic E-state index is 0.400. The predicted molar refractivity (Wildman–Crippen MR) is 48.2 cm³/mol. The minimum atomic E-state index is 0.400. The number of phenolic OH excluding ortho intramolecular Hbond substituents is 1. The number of aromatic hydroxyl groups is 1. The topological polar surface area (TPSA) is 42.2 Å². The highest BCUT2D eigenvalue weighted by molar-refractivity contribution is 5.40. The molecular weight excluding hydrogens is 150 g/mol. The first kappa shape index (κ1) is 7.62. The smallest absolute Gasteiger partial charge is 0.120 e. The van der Waals surface area contributed by atoms with Gasteiger partial charge in [0.05, 0.1) is 0 Å². The van der Waals surface area contributed by atoms with E-state index >= 15 is 0 Å². The minimum Gasteiger partial charge on any atom is -0.508 e. The molecule has 0 saturated carbocycles. The number of hydrogen-bond donors (Lipinski definition) is 2. The molecule has 2 rings (SSSR count). The predicted octanol–water partition coefficient (Wildman–Crippen LogP) is 1.60. The van der Waals surface area contributed by atoms with Gasteiger partial charge < -0.3 is 10.4 Å². The number of hydrogen-bond acceptors (Lipinski definition) is 2. The molecule has 2 N–H and O–H groups in total. The van der Waals surface area contributed by atoms with Crippen LogP contribution in [0.5, 0.6) is 5.75 Å². The summed E-state index contributed by atoms with van der Waals surface area (Å²) in [6, 6.07) is 6.24. The third-order valence-corrected chi connectivity index (χ3v) is 2.28. The molecule has 1 atom stereocenters. The Hall–Kier alpha value is -1.02. The number of rotatable bonds is 2. The van der Waals surface area contributed by atoms with Crippen LogP contribution in [0.15, 0.2) is 18.2 Å². The van der Waals surface area contributed by atoms with E-state index in [0.29, 0.717) is 11.8 Å². The lowest BCUT2D eigenvalue weighted by Gasteiger charge is -2.03. The van der Waals surface area contributed by atoms with E-state index in [1.807, 2.05) is 6.07 Å². The first-order valence-corrected chi connectivity index (χ1v) is 4.36. The molecule has 12 heavy (non-hydrogen) atoms. The number of benzene rings is 1. The van der Waals surface area contributed by atoms with Gasteiger partial charge in [0.2, 0.25) is 0 Å². The van der Waals surface area contributed by atoms with Crippen LogP contribution in [0.25, 0.3) is 0 Å². The molecule has 0 bridgehead atoms. The van der Waals surface area contributed by atoms with Crippen molar-refractivity contribution in [1.82, 2.24) is 5.32 Å². The van der Waals surface area contributed by atoms with Crippen molar-refractivity contribution < 1.29 is 5.11 Å². The monoisotopic (exact) mass is 163 g/mol. The Bertz CT molecular complexity index is 292. The Morgan fingerprint density at radius 1 is 1.58 bits per heavy atom. The highest BCUT2D eigenvalue weighted by Gasteiger charge is 2.24. The van der Waals surface area contributed by atoms with Crippen LogP contribution in [0.4, 0.5) is 0 Å². The lowest BCUT2D eigenvalue weighted by Crippen LogP contribution is -1.88. The first-order valence-electron chi connectivity index (χ1n) is 4.36. The maximum absolute atomic E-state index is 9.50. The van der Waals surface area contributed by atoms with Crippen molar-refractivity contribution in [3.8, 4) is 5.75 Å². The van der Waals surface area contributed by atoms with Gasteiger partial charge in [-0.3, -0.25) is 0 Å². The molecule has 2 nitrogen and oxygen atoms in total. The van der Waals surface area contributed by atoms with Crippen LogP contribution in [-0.2, 0) is 6.42 Å². The molecule has 1 fully saturated rings. The zero-order valence-electron chi connectivity index (χ0n) is 7.17. The van der Waals surface area contributed by atoms with E-state index in [9.17, 15) is 5.11 Å². The van der Waals surface area contributed by atoms with E-state index < -0.39 is 0 Å². The third kappa shape index (κ3) is 1.30. The van der Waals surface area contributed by atoms with Crippen LogP contribution in [-0.4, -0.2) is 11.7 Å². The van der Waals surface area contributed by atoms with Gasteiger partial charge in [-0.05, 0) is 18.1 Å². The van der Waals surface area contributed by atoms with Crippen LogP contribution in [0.2, 0.25) is 0 Å². The summed E-state index contributed by atoms with van der Waals surface area (Å²) in [4.78, 5) is 0. The molecule has 0 amide bonds. The fraction of sp³-hybridized carbons (Fsp3) is 0.400. The van der Waals surface area contributed by atoms with Crippen LogP contribution < -0.4 is 5.32 Å². The molecule has 2 heteroatoms. The molecule has 0 unspecified atom stereocenters. The average molecular weight is 163 g/mol. The Labute approximate surface area is 72.2 Å². The van der Waals surface area contributed by atoms with E-state index in [1.165, 1.54) is 5.56 Å². The summed E-state index contributed by atoms with van der Waals surface area (Å²) in [7, 11) is 0. The largest absolute Gasteiger partial charge is 0.508 e. The van der Waals surface area contributed by atoms with E-state index in [2.05, 4.69) is 18.3 Å². The Morgan fingerprint density at radius 3 is 2.92 bits per heavy atom. The van der Waals surface area contributed by atoms with E-state index in [-0.39, 0.29) is 0 Å². The van der Waals surface area contributed by atoms with E-state index in [4.69, 9.17) is 0 Å². The fourth-order valence-corrected chi connectivity index (χ4v) is 1.38. The molecule has 0 radical (unpaired) electrons. The summed E-state index contributed by atoms with van der Waals surface area (Å²) in [6.45, 7) is 3.12. The van der Waals surface area contributed by atoms with Crippen molar-refractivity contribution in [1.29, 1.82) is 0 Å². The molecule has 0 aromatic heterocycles. The van der Waals surface area contributed by atoms with Gasteiger partial charge in [0, 0.05) is 18.2 Å². The summed E-state index contributed by atoms with van der Waals surface area (Å²) in [5.74, 6) is 0.419. The lowest BCUT2D eigenvalue weighted by atomic mass is 10.1. The van der Waals surface area contributed by atoms with Crippen LogP contribution in [0, 0.1) is 0 Å². The molecule has 1 aliphatic rings. The summed E-state index contributed by atoms with van der Waals surface area (Å²) in [5.41, 5.74) is 2.34. The molecular formula is C10H13NO. The van der Waals surface area contributed by atoms with Crippen LogP contribution in [0.1, 0.15) is 24.1 Å². The second-order valence-corrected chi connectivity index (χ2v) is 3.21. The lowest BCUT2D eigenvalue weighted by molar-refractivity contribution is 0.468. The van der Waals surface area contributed by atoms with Gasteiger partial charge in [0.1, 0.15) is 5.75 Å². The number of phenols is 1. The van der Waals surface area contributed by atoms with Gasteiger partial charge in [-0.15, -0.1) is 0 Å². The normalized spacial score (nSPS) is 20.9. The van der Waals surface area contributed by atoms with Gasteiger partial charge in [0.15, 0.2) is 0 Å². The van der Waals surface area contributed by atoms with Gasteiger partial charge in [0.25, 0.3) is 0 Å². The summed E-state index contributed by atoms with van der Waals surface area (Å²) < 4.78 is 0. The molecule has 1 aromatic rings. The van der Waals surface area contributed by atoms with Gasteiger partial charge in [-0.25, -0.2) is 0 Å². The van der Waals surface area contributed by atoms with Gasteiger partial charge in [-0.1, -0.05) is 19.1 Å². The average Bonchev–Trinajstić information content (AvgIpc) is 2.88. The Balaban J connectivity index is 2.36. The Kier molecular flexibility index (Phi) is 1.77. The summed E-state index contributed by atoms with van der Waals surface area (Å²) in [6.07, 6.45) is 1.03. The van der Waals surface area contributed by atoms with Crippen LogP contribution in [0.3, 0.4) is 0 Å². The zero-order valence-corrected chi connectivity index (χ0v) is 7.17. The molecule has 1 aromatic carbocycles. The standard InChI is InChI=1S/C10H13NO/c1-2-7-3-4-10(12)8(5-7)9-6-11-9/h3-5,9,11-12H,2,6H2,1H3/t9-/m1/s1. The van der Waals surface area contributed by atoms with Crippen LogP contribution >= 0.6 is 0 Å². The second kappa shape index (κ2) is 2.79. The van der Waals surface area contributed by atoms with Crippen molar-refractivity contribution in [2.45, 2.75) is 19.4 Å². The molecule has 1 heterocycles. The van der Waals surface area contributed by atoms with Crippen molar-refractivity contribution in [2.24, 2.45) is 0 Å². The van der Waals surface area contributed by atoms with E-state index in [1.54, 1.807) is 6.07 Å². The molecule has 1 aliphatic heterocycles. The van der Waals surface area contributed by atoms with Crippen molar-refractivity contribution in [3.63, 3.8) is 0 Å². The first-order chi connectivity index (χ1) is 5.81. The SMILES string of the molecule is CCc1ccc(O)c([C@H]2CN2)c1. The maximum atomic E-state index is 9.50. The third-order valence-electron chi connectivity index (χ3n) is 2.28. The van der Waals surface area contributed by atoms with E-state index in [0.717, 1.165) is 18.5 Å². The van der Waals surface area contributed by atoms with Crippen molar-refractivity contribution in [2.75, 3.05) is 6.54 Å². The highest BCUT2D eigenvalue weighted by Crippen LogP contribution is 2.30. The van der Waals surface area contributed by atoms with Gasteiger partial charge >= 0.3 is 0 Å². The highest BCUT2D eigenvalue weighted by atomic mass is 16.3. The maximum Gasteiger partial charge on any atom is 0.120 e. The Morgan fingerprint density at radius 2 is 2.33 bits per heavy atom. The molecule has 64 valence electrons. The van der Waals surface area contributed by atoms with Crippen molar-refractivity contribution >= 4 is 0 Å². The quantitative estimate of drug-likeness (QED) is 0.650. The summed E-state index contributed by atoms with van der Waals surface area (Å²) >= 11 is 0. The zero-order chi connectivity index (χ0) is 8.55. The number of nitrogens with one attached hydrogen (secondary N) is 1. The fourth-order valence-electron chi connectivity index (χ4n) is 1.38.